The van der Waals surface area contributed by atoms with E-state index in [1.54, 1.807) is 0 Å². The summed E-state index contributed by atoms with van der Waals surface area (Å²) in [6.45, 7) is 17.4. The van der Waals surface area contributed by atoms with Crippen LogP contribution in [-0.2, 0) is 20.5 Å². The Morgan fingerprint density at radius 2 is 1.80 bits per heavy atom. The Labute approximate surface area is 154 Å². The molecule has 0 saturated heterocycles. The van der Waals surface area contributed by atoms with Crippen molar-refractivity contribution in [2.45, 2.75) is 71.1 Å². The summed E-state index contributed by atoms with van der Waals surface area (Å²) in [6.07, 6.45) is 2.22. The van der Waals surface area contributed by atoms with Crippen molar-refractivity contribution in [3.05, 3.63) is 47.5 Å². The van der Waals surface area contributed by atoms with Gasteiger partial charge in [0.15, 0.2) is 8.32 Å². The van der Waals surface area contributed by atoms with E-state index in [4.69, 9.17) is 13.9 Å². The predicted octanol–water partition coefficient (Wildman–Crippen LogP) is 5.33. The lowest BCUT2D eigenvalue weighted by atomic mass is 10.1. The zero-order valence-electron chi connectivity index (χ0n) is 16.9. The topological polar surface area (TPSA) is 27.7 Å². The molecule has 3 nitrogen and oxygen atoms in total. The van der Waals surface area contributed by atoms with Gasteiger partial charge in [-0.05, 0) is 49.2 Å². The number of rotatable bonds is 7. The summed E-state index contributed by atoms with van der Waals surface area (Å²) in [5.41, 5.74) is 2.06. The van der Waals surface area contributed by atoms with E-state index in [2.05, 4.69) is 65.9 Å². The Kier molecular flexibility index (Phi) is 6.31. The maximum atomic E-state index is 6.38. The van der Waals surface area contributed by atoms with Crippen LogP contribution in [-0.4, -0.2) is 33.2 Å². The highest BCUT2D eigenvalue weighted by Gasteiger charge is 2.41. The fourth-order valence-corrected chi connectivity index (χ4v) is 3.75. The molecule has 0 amide bonds. The quantitative estimate of drug-likeness (QED) is 0.485. The predicted molar refractivity (Wildman–Crippen MR) is 106 cm³/mol. The summed E-state index contributed by atoms with van der Waals surface area (Å²) in [6, 6.07) is 10.2. The third-order valence-electron chi connectivity index (χ3n) is 5.36. The Hall–Kier alpha value is -0.943. The molecule has 25 heavy (non-hydrogen) atoms. The van der Waals surface area contributed by atoms with Crippen LogP contribution >= 0.6 is 0 Å². The highest BCUT2D eigenvalue weighted by atomic mass is 28.4. The van der Waals surface area contributed by atoms with Gasteiger partial charge in [0.25, 0.3) is 0 Å². The molecule has 1 aliphatic rings. The molecule has 4 heteroatoms. The zero-order valence-corrected chi connectivity index (χ0v) is 17.9. The van der Waals surface area contributed by atoms with Crippen LogP contribution in [0.25, 0.3) is 0 Å². The van der Waals surface area contributed by atoms with E-state index in [-0.39, 0.29) is 16.7 Å². The number of ether oxygens (including phenoxy) is 2. The van der Waals surface area contributed by atoms with E-state index in [1.807, 2.05) is 18.2 Å². The minimum absolute atomic E-state index is 0.0109. The first-order chi connectivity index (χ1) is 11.5. The van der Waals surface area contributed by atoms with Crippen LogP contribution in [0.1, 0.15) is 40.2 Å². The van der Waals surface area contributed by atoms with Gasteiger partial charge >= 0.3 is 0 Å². The Morgan fingerprint density at radius 1 is 1.16 bits per heavy atom. The summed E-state index contributed by atoms with van der Waals surface area (Å²) >= 11 is 0. The molecule has 1 aromatic rings. The van der Waals surface area contributed by atoms with Crippen molar-refractivity contribution in [3.63, 3.8) is 0 Å². The van der Waals surface area contributed by atoms with E-state index < -0.39 is 8.32 Å². The molecule has 1 aromatic carbocycles. The average molecular weight is 363 g/mol. The van der Waals surface area contributed by atoms with Gasteiger partial charge in [0.1, 0.15) is 11.7 Å². The minimum atomic E-state index is -1.77. The summed E-state index contributed by atoms with van der Waals surface area (Å²) in [5, 5.41) is 0.207. The SMILES string of the molecule is CC1=CC(C)(CO[Si](C)(C)C(C)(C)C)OC1COCc1ccccc1. The van der Waals surface area contributed by atoms with Gasteiger partial charge in [-0.1, -0.05) is 51.1 Å². The van der Waals surface area contributed by atoms with E-state index >= 15 is 0 Å². The average Bonchev–Trinajstić information content (AvgIpc) is 2.80. The van der Waals surface area contributed by atoms with Crippen molar-refractivity contribution in [1.29, 1.82) is 0 Å². The maximum absolute atomic E-state index is 6.38. The van der Waals surface area contributed by atoms with Gasteiger partial charge in [0.05, 0.1) is 19.8 Å². The molecule has 140 valence electrons. The molecule has 0 spiro atoms. The van der Waals surface area contributed by atoms with Gasteiger partial charge in [-0.25, -0.2) is 0 Å². The Bertz CT molecular complexity index is 589. The van der Waals surface area contributed by atoms with Gasteiger partial charge in [-0.3, -0.25) is 0 Å². The van der Waals surface area contributed by atoms with Crippen LogP contribution in [0.2, 0.25) is 18.1 Å². The summed E-state index contributed by atoms with van der Waals surface area (Å²) in [4.78, 5) is 0. The van der Waals surface area contributed by atoms with Crippen LogP contribution in [0.15, 0.2) is 42.0 Å². The molecule has 2 unspecified atom stereocenters. The fourth-order valence-electron chi connectivity index (χ4n) is 2.67. The Morgan fingerprint density at radius 3 is 2.40 bits per heavy atom. The molecule has 0 fully saturated rings. The highest BCUT2D eigenvalue weighted by Crippen LogP contribution is 2.38. The fraction of sp³-hybridized carbons (Fsp3) is 0.619. The zero-order chi connectivity index (χ0) is 18.7. The molecule has 1 aliphatic heterocycles. The van der Waals surface area contributed by atoms with E-state index in [9.17, 15) is 0 Å². The van der Waals surface area contributed by atoms with Crippen LogP contribution in [0.3, 0.4) is 0 Å². The first kappa shape index (κ1) is 20.4. The van der Waals surface area contributed by atoms with Gasteiger partial charge in [-0.2, -0.15) is 0 Å². The molecule has 0 saturated carbocycles. The molecule has 0 aromatic heterocycles. The second-order valence-corrected chi connectivity index (χ2v) is 13.7. The van der Waals surface area contributed by atoms with Crippen molar-refractivity contribution < 1.29 is 13.9 Å². The lowest BCUT2D eigenvalue weighted by Gasteiger charge is -2.38. The maximum Gasteiger partial charge on any atom is 0.192 e. The monoisotopic (exact) mass is 362 g/mol. The second kappa shape index (κ2) is 7.75. The first-order valence-electron chi connectivity index (χ1n) is 9.15. The molecule has 2 rings (SSSR count). The summed E-state index contributed by atoms with van der Waals surface area (Å²) < 4.78 is 18.5. The van der Waals surface area contributed by atoms with Crippen molar-refractivity contribution in [2.75, 3.05) is 13.2 Å². The summed E-state index contributed by atoms with van der Waals surface area (Å²) in [7, 11) is -1.77. The smallest absolute Gasteiger partial charge is 0.192 e. The van der Waals surface area contributed by atoms with Gasteiger partial charge < -0.3 is 13.9 Å². The van der Waals surface area contributed by atoms with Crippen molar-refractivity contribution in [1.82, 2.24) is 0 Å². The lowest BCUT2D eigenvalue weighted by molar-refractivity contribution is -0.0736. The van der Waals surface area contributed by atoms with Crippen LogP contribution < -0.4 is 0 Å². The molecule has 1 heterocycles. The van der Waals surface area contributed by atoms with Crippen molar-refractivity contribution in [3.8, 4) is 0 Å². The third-order valence-corrected chi connectivity index (χ3v) is 9.84. The van der Waals surface area contributed by atoms with E-state index in [1.165, 1.54) is 11.1 Å². The lowest BCUT2D eigenvalue weighted by Crippen LogP contribution is -2.45. The molecular formula is C21H34O3Si. The largest absolute Gasteiger partial charge is 0.414 e. The molecule has 0 bridgehead atoms. The second-order valence-electron chi connectivity index (χ2n) is 8.86. The molecule has 0 radical (unpaired) electrons. The van der Waals surface area contributed by atoms with E-state index in [0.29, 0.717) is 19.8 Å². The molecule has 0 aliphatic carbocycles. The van der Waals surface area contributed by atoms with Crippen molar-refractivity contribution >= 4 is 8.32 Å². The first-order valence-corrected chi connectivity index (χ1v) is 12.1. The van der Waals surface area contributed by atoms with Crippen molar-refractivity contribution in [2.24, 2.45) is 0 Å². The standard InChI is InChI=1S/C21H34O3Si/c1-17-13-21(5,16-23-25(6,7)20(2,3)4)24-19(17)15-22-14-18-11-9-8-10-12-18/h8-13,19H,14-16H2,1-7H3. The van der Waals surface area contributed by atoms with E-state index in [0.717, 1.165) is 0 Å². The molecular weight excluding hydrogens is 328 g/mol. The normalized spacial score (nSPS) is 24.4. The number of benzene rings is 1. The Balaban J connectivity index is 1.85. The minimum Gasteiger partial charge on any atom is -0.414 e. The van der Waals surface area contributed by atoms with Gasteiger partial charge in [-0.15, -0.1) is 0 Å². The van der Waals surface area contributed by atoms with Gasteiger partial charge in [0, 0.05) is 0 Å². The number of hydrogen-bond donors (Lipinski definition) is 0. The third kappa shape index (κ3) is 5.51. The summed E-state index contributed by atoms with van der Waals surface area (Å²) in [5.74, 6) is 0. The molecule has 0 N–H and O–H groups in total. The van der Waals surface area contributed by atoms with Crippen LogP contribution in [0.4, 0.5) is 0 Å². The van der Waals surface area contributed by atoms with Crippen LogP contribution in [0, 0.1) is 0 Å². The van der Waals surface area contributed by atoms with Crippen LogP contribution in [0.5, 0.6) is 0 Å². The van der Waals surface area contributed by atoms with Gasteiger partial charge in [0.2, 0.25) is 0 Å². The highest BCUT2D eigenvalue weighted by molar-refractivity contribution is 6.74. The number of hydrogen-bond acceptors (Lipinski definition) is 3. The molecule has 2 atom stereocenters.